The molecule has 0 aromatic heterocycles. The molecule has 0 spiro atoms. The minimum absolute atomic E-state index is 0.0476. The topological polar surface area (TPSA) is 43.1 Å². The van der Waals surface area contributed by atoms with Crippen LogP contribution in [0.5, 0.6) is 0 Å². The third-order valence-electron chi connectivity index (χ3n) is 1.13. The lowest BCUT2D eigenvalue weighted by molar-refractivity contribution is 0.566. The molecule has 8 heavy (non-hydrogen) atoms. The molecule has 1 aliphatic rings. The molecule has 2 N–H and O–H groups in total. The fraction of sp³-hybridized carbons (Fsp3) is 0.333. The molecule has 0 amide bonds. The Bertz CT molecular complexity index is 165. The molecule has 0 bridgehead atoms. The second kappa shape index (κ2) is 1.95. The maximum Gasteiger partial charge on any atom is 0.127 e. The molecule has 0 radical (unpaired) electrons. The number of nitrogens with two attached hydrogens (primary N) is 1. The van der Waals surface area contributed by atoms with E-state index in [1.165, 1.54) is 0 Å². The summed E-state index contributed by atoms with van der Waals surface area (Å²) in [5.74, 6) is 1.79. The lowest BCUT2D eigenvalue weighted by Gasteiger charge is -1.91. The van der Waals surface area contributed by atoms with Gasteiger partial charge in [0.25, 0.3) is 0 Å². The Balaban J connectivity index is 2.73. The summed E-state index contributed by atoms with van der Waals surface area (Å²) >= 11 is 0. The number of hydrogen-bond donors (Lipinski definition) is 1. The Morgan fingerprint density at radius 1 is 1.88 bits per heavy atom. The van der Waals surface area contributed by atoms with E-state index in [1.807, 2.05) is 0 Å². The van der Waals surface area contributed by atoms with Crippen molar-refractivity contribution in [3.8, 4) is 0 Å². The smallest absolute Gasteiger partial charge is 0.127 e. The summed E-state index contributed by atoms with van der Waals surface area (Å²) in [5.41, 5.74) is 6.09. The average Bonchev–Trinajstić information content (AvgIpc) is 2.14. The van der Waals surface area contributed by atoms with E-state index >= 15 is 0 Å². The highest BCUT2D eigenvalue weighted by molar-refractivity contribution is 5.59. The van der Waals surface area contributed by atoms with Gasteiger partial charge in [-0.05, 0) is 0 Å². The first-order valence-corrected chi connectivity index (χ1v) is 2.50. The van der Waals surface area contributed by atoms with E-state index in [0.717, 1.165) is 0 Å². The lowest BCUT2D eigenvalue weighted by atomic mass is 10.2. The van der Waals surface area contributed by atoms with Crippen LogP contribution in [-0.2, 0) is 4.79 Å². The molecule has 0 saturated heterocycles. The summed E-state index contributed by atoms with van der Waals surface area (Å²) in [7, 11) is 0. The molecule has 0 saturated carbocycles. The van der Waals surface area contributed by atoms with Crippen LogP contribution in [0.2, 0.25) is 0 Å². The van der Waals surface area contributed by atoms with Crippen LogP contribution in [-0.4, -0.2) is 12.0 Å². The van der Waals surface area contributed by atoms with Crippen molar-refractivity contribution in [2.75, 3.05) is 0 Å². The van der Waals surface area contributed by atoms with Gasteiger partial charge in [-0.3, -0.25) is 0 Å². The summed E-state index contributed by atoms with van der Waals surface area (Å²) in [6.45, 7) is 0. The number of allylic oxidation sites excluding steroid dienone is 1. The molecule has 0 fully saturated rings. The van der Waals surface area contributed by atoms with Crippen molar-refractivity contribution in [3.63, 3.8) is 0 Å². The average molecular weight is 109 g/mol. The SMILES string of the molecule is NC1C=CC(=C=O)C1. The minimum atomic E-state index is 0.0476. The first kappa shape index (κ1) is 5.29. The maximum absolute atomic E-state index is 9.88. The van der Waals surface area contributed by atoms with E-state index < -0.39 is 0 Å². The van der Waals surface area contributed by atoms with Gasteiger partial charge in [-0.1, -0.05) is 12.2 Å². The van der Waals surface area contributed by atoms with Crippen molar-refractivity contribution in [1.82, 2.24) is 0 Å². The summed E-state index contributed by atoms with van der Waals surface area (Å²) in [4.78, 5) is 9.88. The summed E-state index contributed by atoms with van der Waals surface area (Å²) in [6, 6.07) is 0.0476. The summed E-state index contributed by atoms with van der Waals surface area (Å²) in [5, 5.41) is 0. The van der Waals surface area contributed by atoms with Gasteiger partial charge in [0.15, 0.2) is 0 Å². The van der Waals surface area contributed by atoms with Gasteiger partial charge in [0, 0.05) is 18.0 Å². The minimum Gasteiger partial charge on any atom is -0.324 e. The molecule has 0 aliphatic heterocycles. The first-order chi connectivity index (χ1) is 3.83. The first-order valence-electron chi connectivity index (χ1n) is 2.50. The number of hydrogen-bond acceptors (Lipinski definition) is 2. The molecule has 2 nitrogen and oxygen atoms in total. The van der Waals surface area contributed by atoms with E-state index in [9.17, 15) is 4.79 Å². The van der Waals surface area contributed by atoms with E-state index in [-0.39, 0.29) is 6.04 Å². The molecule has 0 heterocycles. The third-order valence-corrected chi connectivity index (χ3v) is 1.13. The van der Waals surface area contributed by atoms with Crippen LogP contribution in [0.1, 0.15) is 6.42 Å². The van der Waals surface area contributed by atoms with Gasteiger partial charge in [0.2, 0.25) is 0 Å². The van der Waals surface area contributed by atoms with Crippen LogP contribution >= 0.6 is 0 Å². The highest BCUT2D eigenvalue weighted by atomic mass is 16.1. The second-order valence-corrected chi connectivity index (χ2v) is 1.85. The van der Waals surface area contributed by atoms with Gasteiger partial charge in [-0.2, -0.15) is 0 Å². The van der Waals surface area contributed by atoms with Gasteiger partial charge in [-0.15, -0.1) is 0 Å². The standard InChI is InChI=1S/C6H7NO/c7-6-2-1-5(3-6)4-8/h1-2,6H,3,7H2. The zero-order valence-electron chi connectivity index (χ0n) is 4.42. The quantitative estimate of drug-likeness (QED) is 0.446. The van der Waals surface area contributed by atoms with Crippen LogP contribution in [0.15, 0.2) is 17.7 Å². The van der Waals surface area contributed by atoms with Gasteiger partial charge in [-0.25, -0.2) is 4.79 Å². The molecular formula is C6H7NO. The molecule has 0 aromatic rings. The lowest BCUT2D eigenvalue weighted by Crippen LogP contribution is -2.12. The fourth-order valence-electron chi connectivity index (χ4n) is 0.705. The van der Waals surface area contributed by atoms with E-state index in [0.29, 0.717) is 12.0 Å². The van der Waals surface area contributed by atoms with Crippen molar-refractivity contribution >= 4 is 5.94 Å². The Hall–Kier alpha value is -0.850. The predicted octanol–water partition coefficient (Wildman–Crippen LogP) is 0.0316. The van der Waals surface area contributed by atoms with Crippen molar-refractivity contribution in [2.45, 2.75) is 12.5 Å². The molecule has 2 heteroatoms. The van der Waals surface area contributed by atoms with Crippen LogP contribution in [0.25, 0.3) is 0 Å². The molecule has 1 rings (SSSR count). The summed E-state index contributed by atoms with van der Waals surface area (Å²) < 4.78 is 0. The highest BCUT2D eigenvalue weighted by Gasteiger charge is 2.07. The van der Waals surface area contributed by atoms with Crippen LogP contribution in [0.4, 0.5) is 0 Å². The van der Waals surface area contributed by atoms with Crippen LogP contribution < -0.4 is 5.73 Å². The van der Waals surface area contributed by atoms with Crippen molar-refractivity contribution in [1.29, 1.82) is 0 Å². The zero-order valence-corrected chi connectivity index (χ0v) is 4.42. The van der Waals surface area contributed by atoms with Gasteiger partial charge in [0.1, 0.15) is 5.94 Å². The summed E-state index contributed by atoms with van der Waals surface area (Å²) in [6.07, 6.45) is 4.18. The second-order valence-electron chi connectivity index (χ2n) is 1.85. The van der Waals surface area contributed by atoms with Crippen molar-refractivity contribution in [3.05, 3.63) is 17.7 Å². The van der Waals surface area contributed by atoms with Crippen molar-refractivity contribution < 1.29 is 4.79 Å². The van der Waals surface area contributed by atoms with Gasteiger partial charge >= 0.3 is 0 Å². The monoisotopic (exact) mass is 109 g/mol. The molecular weight excluding hydrogens is 102 g/mol. The number of carbonyl (C=O) groups excluding carboxylic acids is 1. The molecule has 1 unspecified atom stereocenters. The third kappa shape index (κ3) is 0.861. The largest absolute Gasteiger partial charge is 0.324 e. The Kier molecular flexibility index (Phi) is 1.29. The fourth-order valence-corrected chi connectivity index (χ4v) is 0.705. The van der Waals surface area contributed by atoms with Crippen LogP contribution in [0.3, 0.4) is 0 Å². The number of rotatable bonds is 0. The Labute approximate surface area is 47.7 Å². The Morgan fingerprint density at radius 3 is 2.88 bits per heavy atom. The van der Waals surface area contributed by atoms with Gasteiger partial charge < -0.3 is 5.73 Å². The van der Waals surface area contributed by atoms with Crippen molar-refractivity contribution in [2.24, 2.45) is 5.73 Å². The zero-order chi connectivity index (χ0) is 5.98. The molecule has 1 atom stereocenters. The highest BCUT2D eigenvalue weighted by Crippen LogP contribution is 2.10. The van der Waals surface area contributed by atoms with Gasteiger partial charge in [0.05, 0.1) is 0 Å². The van der Waals surface area contributed by atoms with E-state index in [1.54, 1.807) is 18.1 Å². The molecule has 42 valence electrons. The Morgan fingerprint density at radius 2 is 2.62 bits per heavy atom. The molecule has 0 aromatic carbocycles. The van der Waals surface area contributed by atoms with E-state index in [2.05, 4.69) is 0 Å². The molecule has 1 aliphatic carbocycles. The van der Waals surface area contributed by atoms with Crippen LogP contribution in [0, 0.1) is 0 Å². The predicted molar refractivity (Wildman–Crippen MR) is 30.9 cm³/mol. The normalized spacial score (nSPS) is 26.1. The maximum atomic E-state index is 9.88. The van der Waals surface area contributed by atoms with E-state index in [4.69, 9.17) is 5.73 Å².